The standard InChI is InChI=1S/C62H80NO12PS2/c1-6-8-10-12-14-16-35-70-50-26-18-24-48(38-50)42-57-61(66)53-40-46(30-32-55(53)77-57)22-20-28-59(64)72-44-52(45-74-76(68,69)73-37-34-63(3,4)5)75-60(65)29-21-23-47-31-33-56-54(41-47)62(67)58(78-56)43-49-25-19-27-51(39-49)71-36-17-15-13-11-9-7-2/h18-19,24-27,30-33,38-43,52H,6-17,20-23,28-29,34-37,44-45H2,1-5H3/p+1/b57-42-,58-43-. The molecule has 2 aliphatic heterocycles. The number of esters is 2. The lowest BCUT2D eigenvalue weighted by Crippen LogP contribution is -2.37. The minimum atomic E-state index is -4.54. The number of quaternary nitrogens is 1. The van der Waals surface area contributed by atoms with E-state index in [-0.39, 0.29) is 31.0 Å². The van der Waals surface area contributed by atoms with Crippen LogP contribution in [0.1, 0.15) is 160 Å². The Morgan fingerprint density at radius 1 is 0.590 bits per heavy atom. The van der Waals surface area contributed by atoms with Crippen LogP contribution in [-0.4, -0.2) is 99.7 Å². The first-order valence-corrected chi connectivity index (χ1v) is 31.1. The molecule has 1 N–H and O–H groups in total. The molecular formula is C62H81NO12PS2+. The molecule has 0 aromatic heterocycles. The smallest absolute Gasteiger partial charge is 0.472 e. The fourth-order valence-electron chi connectivity index (χ4n) is 8.76. The number of fused-ring (bicyclic) bond motifs is 2. The highest BCUT2D eigenvalue weighted by Crippen LogP contribution is 2.44. The molecular weight excluding hydrogens is 1050 g/mol. The first-order chi connectivity index (χ1) is 37.6. The van der Waals surface area contributed by atoms with Crippen molar-refractivity contribution in [2.45, 2.75) is 145 Å². The van der Waals surface area contributed by atoms with Gasteiger partial charge in [-0.3, -0.25) is 28.2 Å². The number of nitrogens with zero attached hydrogens (tertiary/aromatic N) is 1. The fourth-order valence-corrected chi connectivity index (χ4v) is 11.6. The second-order valence-corrected chi connectivity index (χ2v) is 24.7. The number of carbonyl (C=O) groups is 4. The molecule has 0 fully saturated rings. The highest BCUT2D eigenvalue weighted by molar-refractivity contribution is 8.05. The highest BCUT2D eigenvalue weighted by Gasteiger charge is 2.29. The van der Waals surface area contributed by atoms with Crippen molar-refractivity contribution in [3.05, 3.63) is 128 Å². The van der Waals surface area contributed by atoms with E-state index in [2.05, 4.69) is 13.8 Å². The van der Waals surface area contributed by atoms with Gasteiger partial charge in [0.2, 0.25) is 11.6 Å². The molecule has 0 amide bonds. The lowest BCUT2D eigenvalue weighted by molar-refractivity contribution is -0.870. The Labute approximate surface area is 471 Å². The summed E-state index contributed by atoms with van der Waals surface area (Å²) < 4.78 is 46.9. The van der Waals surface area contributed by atoms with E-state index in [9.17, 15) is 28.6 Å². The lowest BCUT2D eigenvalue weighted by atomic mass is 10.0. The maximum atomic E-state index is 13.6. The molecule has 13 nitrogen and oxygen atoms in total. The summed E-state index contributed by atoms with van der Waals surface area (Å²) in [7, 11) is 1.20. The third kappa shape index (κ3) is 21.9. The fraction of sp³-hybridized carbons (Fsp3) is 0.484. The van der Waals surface area contributed by atoms with Gasteiger partial charge in [-0.05, 0) is 121 Å². The first kappa shape index (κ1) is 62.2. The number of hydrogen-bond acceptors (Lipinski definition) is 13. The summed E-state index contributed by atoms with van der Waals surface area (Å²) in [6.45, 7) is 5.18. The number of phosphoric ester groups is 1. The molecule has 2 atom stereocenters. The van der Waals surface area contributed by atoms with Gasteiger partial charge < -0.3 is 28.3 Å². The zero-order valence-electron chi connectivity index (χ0n) is 46.4. The lowest BCUT2D eigenvalue weighted by Gasteiger charge is -2.24. The topological polar surface area (TPSA) is 161 Å². The molecule has 78 heavy (non-hydrogen) atoms. The third-order valence-electron chi connectivity index (χ3n) is 13.2. The number of ether oxygens (including phenoxy) is 4. The summed E-state index contributed by atoms with van der Waals surface area (Å²) in [5, 5.41) is 0. The summed E-state index contributed by atoms with van der Waals surface area (Å²) in [5.41, 5.74) is 4.81. The number of rotatable bonds is 36. The van der Waals surface area contributed by atoms with Crippen LogP contribution in [-0.2, 0) is 45.5 Å². The largest absolute Gasteiger partial charge is 0.494 e. The van der Waals surface area contributed by atoms with E-state index in [0.717, 1.165) is 69.2 Å². The molecule has 2 aliphatic rings. The average molecular weight is 1130 g/mol. The normalized spacial score (nSPS) is 15.3. The molecule has 0 saturated heterocycles. The Kier molecular flexibility index (Phi) is 25.8. The van der Waals surface area contributed by atoms with Crippen molar-refractivity contribution in [1.29, 1.82) is 0 Å². The number of unbranched alkanes of at least 4 members (excludes halogenated alkanes) is 10. The molecule has 2 unspecified atom stereocenters. The molecule has 4 aromatic carbocycles. The number of ketones is 2. The number of allylic oxidation sites excluding steroid dienone is 2. The molecule has 2 heterocycles. The molecule has 6 rings (SSSR count). The molecule has 422 valence electrons. The summed E-state index contributed by atoms with van der Waals surface area (Å²) in [6, 6.07) is 27.1. The van der Waals surface area contributed by atoms with Crippen LogP contribution >= 0.6 is 31.3 Å². The van der Waals surface area contributed by atoms with Crippen LogP contribution in [0.5, 0.6) is 11.5 Å². The highest BCUT2D eigenvalue weighted by atomic mass is 32.2. The van der Waals surface area contributed by atoms with Gasteiger partial charge in [-0.1, -0.05) is 138 Å². The molecule has 0 saturated carbocycles. The van der Waals surface area contributed by atoms with Gasteiger partial charge in [-0.2, -0.15) is 0 Å². The van der Waals surface area contributed by atoms with Gasteiger partial charge in [-0.25, -0.2) is 4.57 Å². The number of hydrogen-bond donors (Lipinski definition) is 1. The average Bonchev–Trinajstić information content (AvgIpc) is 3.96. The van der Waals surface area contributed by atoms with E-state index in [1.54, 1.807) is 0 Å². The quantitative estimate of drug-likeness (QED) is 0.0151. The van der Waals surface area contributed by atoms with Crippen molar-refractivity contribution in [3.8, 4) is 11.5 Å². The molecule has 0 radical (unpaired) electrons. The maximum absolute atomic E-state index is 13.6. The van der Waals surface area contributed by atoms with Crippen LogP contribution in [0, 0.1) is 0 Å². The summed E-state index contributed by atoms with van der Waals surface area (Å²) in [5.74, 6) is 0.293. The second kappa shape index (κ2) is 32.3. The predicted octanol–water partition coefficient (Wildman–Crippen LogP) is 14.5. The van der Waals surface area contributed by atoms with Crippen LogP contribution in [0.25, 0.3) is 12.2 Å². The SMILES string of the molecule is CCCCCCCCOc1cccc(/C=C2\Sc3ccc(CCCC(=O)OCC(COP(=O)(O)OCC[N+](C)(C)C)OC(=O)CCCc4ccc5c(c4)C(=O)/C(=C/c4cccc(OCCCCCCCC)c4)S5)cc3C2=O)c1. The molecule has 0 bridgehead atoms. The second-order valence-electron chi connectivity index (χ2n) is 21.0. The maximum Gasteiger partial charge on any atom is 0.472 e. The van der Waals surface area contributed by atoms with Gasteiger partial charge in [0.25, 0.3) is 0 Å². The zero-order valence-corrected chi connectivity index (χ0v) is 49.0. The zero-order chi connectivity index (χ0) is 55.8. The Balaban J connectivity index is 0.961. The van der Waals surface area contributed by atoms with Gasteiger partial charge in [-0.15, -0.1) is 0 Å². The number of carbonyl (C=O) groups excluding carboxylic acids is 4. The Morgan fingerprint density at radius 3 is 1.58 bits per heavy atom. The summed E-state index contributed by atoms with van der Waals surface area (Å²) in [4.78, 5) is 66.9. The monoisotopic (exact) mass is 1130 g/mol. The minimum Gasteiger partial charge on any atom is -0.494 e. The summed E-state index contributed by atoms with van der Waals surface area (Å²) >= 11 is 2.87. The number of benzene rings is 4. The van der Waals surface area contributed by atoms with E-state index in [4.69, 9.17) is 28.0 Å². The Bertz CT molecular complexity index is 2730. The number of aryl methyl sites for hydroxylation is 2. The van der Waals surface area contributed by atoms with E-state index in [0.29, 0.717) is 70.9 Å². The number of likely N-dealkylation sites (N-methyl/N-ethyl adjacent to an activating group) is 1. The van der Waals surface area contributed by atoms with Crippen LogP contribution in [0.15, 0.2) is 105 Å². The van der Waals surface area contributed by atoms with Crippen molar-refractivity contribution >= 4 is 67.0 Å². The number of Topliss-reactive ketones (excluding diaryl/α,β-unsaturated/α-hetero) is 2. The summed E-state index contributed by atoms with van der Waals surface area (Å²) in [6.07, 6.45) is 18.7. The number of thioether (sulfide) groups is 2. The third-order valence-corrected chi connectivity index (χ3v) is 16.4. The van der Waals surface area contributed by atoms with E-state index >= 15 is 0 Å². The van der Waals surface area contributed by atoms with Gasteiger partial charge in [0.05, 0.1) is 50.8 Å². The molecule has 4 aromatic rings. The van der Waals surface area contributed by atoms with Crippen LogP contribution < -0.4 is 9.47 Å². The van der Waals surface area contributed by atoms with Crippen molar-refractivity contribution in [3.63, 3.8) is 0 Å². The minimum absolute atomic E-state index is 0.00991. The Morgan fingerprint density at radius 2 is 1.08 bits per heavy atom. The van der Waals surface area contributed by atoms with Crippen molar-refractivity contribution < 1.29 is 61.1 Å². The Hall–Kier alpha value is -4.99. The predicted molar refractivity (Wildman–Crippen MR) is 311 cm³/mol. The first-order valence-electron chi connectivity index (χ1n) is 28.0. The van der Waals surface area contributed by atoms with Crippen molar-refractivity contribution in [1.82, 2.24) is 0 Å². The van der Waals surface area contributed by atoms with E-state index < -0.39 is 39.1 Å². The van der Waals surface area contributed by atoms with Gasteiger partial charge in [0.1, 0.15) is 31.3 Å². The van der Waals surface area contributed by atoms with Gasteiger partial charge in [0.15, 0.2) is 6.10 Å². The van der Waals surface area contributed by atoms with E-state index in [1.807, 2.05) is 118 Å². The van der Waals surface area contributed by atoms with Crippen molar-refractivity contribution in [2.24, 2.45) is 0 Å². The van der Waals surface area contributed by atoms with Crippen LogP contribution in [0.3, 0.4) is 0 Å². The van der Waals surface area contributed by atoms with Gasteiger partial charge >= 0.3 is 19.8 Å². The number of phosphoric acid groups is 1. The van der Waals surface area contributed by atoms with E-state index in [1.165, 1.54) is 74.9 Å². The molecule has 0 aliphatic carbocycles. The van der Waals surface area contributed by atoms with Crippen molar-refractivity contribution in [2.75, 3.05) is 60.7 Å². The molecule has 0 spiro atoms. The van der Waals surface area contributed by atoms with Crippen LogP contribution in [0.4, 0.5) is 0 Å². The van der Waals surface area contributed by atoms with Crippen LogP contribution in [0.2, 0.25) is 0 Å². The molecule has 16 heteroatoms. The van der Waals surface area contributed by atoms with Gasteiger partial charge in [0, 0.05) is 33.8 Å².